The molecule has 1 aromatic carbocycles. The molecule has 0 unspecified atom stereocenters. The number of carbonyl (C=O) groups excluding carboxylic acids is 1. The molecule has 0 fully saturated rings. The number of hydrogen-bond acceptors (Lipinski definition) is 5. The van der Waals surface area contributed by atoms with Crippen molar-refractivity contribution >= 4 is 5.97 Å². The summed E-state index contributed by atoms with van der Waals surface area (Å²) in [5.41, 5.74) is 0.410. The van der Waals surface area contributed by atoms with E-state index >= 15 is 0 Å². The van der Waals surface area contributed by atoms with Crippen molar-refractivity contribution < 1.29 is 24.1 Å². The Morgan fingerprint density at radius 2 is 2.38 bits per heavy atom. The molecule has 0 radical (unpaired) electrons. The van der Waals surface area contributed by atoms with E-state index in [-0.39, 0.29) is 19.3 Å². The molecule has 2 rings (SSSR count). The highest BCUT2D eigenvalue weighted by molar-refractivity contribution is 5.90. The van der Waals surface area contributed by atoms with E-state index in [2.05, 4.69) is 4.74 Å². The molecular formula is C11H12O5. The van der Waals surface area contributed by atoms with Gasteiger partial charge in [-0.15, -0.1) is 0 Å². The van der Waals surface area contributed by atoms with Gasteiger partial charge in [-0.25, -0.2) is 4.79 Å². The van der Waals surface area contributed by atoms with Gasteiger partial charge < -0.3 is 19.3 Å². The first kappa shape index (κ1) is 10.8. The second-order valence-corrected chi connectivity index (χ2v) is 3.39. The fourth-order valence-electron chi connectivity index (χ4n) is 1.45. The van der Waals surface area contributed by atoms with Gasteiger partial charge in [0.25, 0.3) is 0 Å². The van der Waals surface area contributed by atoms with Crippen LogP contribution in [0, 0.1) is 0 Å². The van der Waals surface area contributed by atoms with Crippen molar-refractivity contribution in [2.24, 2.45) is 0 Å². The number of benzene rings is 1. The minimum Gasteiger partial charge on any atom is -0.486 e. The lowest BCUT2D eigenvalue weighted by Gasteiger charge is -2.25. The van der Waals surface area contributed by atoms with Crippen LogP contribution in [0.3, 0.4) is 0 Å². The van der Waals surface area contributed by atoms with Crippen LogP contribution >= 0.6 is 0 Å². The van der Waals surface area contributed by atoms with E-state index < -0.39 is 5.97 Å². The van der Waals surface area contributed by atoms with Crippen molar-refractivity contribution in [1.29, 1.82) is 0 Å². The molecule has 16 heavy (non-hydrogen) atoms. The van der Waals surface area contributed by atoms with Crippen LogP contribution in [0.4, 0.5) is 0 Å². The summed E-state index contributed by atoms with van der Waals surface area (Å²) >= 11 is 0. The smallest absolute Gasteiger partial charge is 0.337 e. The highest BCUT2D eigenvalue weighted by Gasteiger charge is 2.21. The van der Waals surface area contributed by atoms with Crippen LogP contribution in [0.15, 0.2) is 18.2 Å². The Labute approximate surface area is 92.5 Å². The minimum atomic E-state index is -0.421. The second kappa shape index (κ2) is 4.40. The topological polar surface area (TPSA) is 65.0 Å². The maximum absolute atomic E-state index is 11.3. The van der Waals surface area contributed by atoms with E-state index in [0.29, 0.717) is 17.1 Å². The number of aliphatic hydroxyl groups is 1. The molecule has 1 heterocycles. The van der Waals surface area contributed by atoms with Gasteiger partial charge >= 0.3 is 5.97 Å². The Kier molecular flexibility index (Phi) is 2.96. The largest absolute Gasteiger partial charge is 0.486 e. The van der Waals surface area contributed by atoms with Gasteiger partial charge in [-0.1, -0.05) is 0 Å². The molecule has 5 nitrogen and oxygen atoms in total. The summed E-state index contributed by atoms with van der Waals surface area (Å²) in [6.45, 7) is 0.173. The second-order valence-electron chi connectivity index (χ2n) is 3.39. The quantitative estimate of drug-likeness (QED) is 0.745. The molecular weight excluding hydrogens is 212 g/mol. The summed E-state index contributed by atoms with van der Waals surface area (Å²) < 4.78 is 15.4. The van der Waals surface area contributed by atoms with Crippen molar-refractivity contribution in [3.8, 4) is 11.5 Å². The summed E-state index contributed by atoms with van der Waals surface area (Å²) in [5.74, 6) is 0.598. The molecule has 1 aliphatic rings. The van der Waals surface area contributed by atoms with E-state index in [9.17, 15) is 4.79 Å². The van der Waals surface area contributed by atoms with Crippen LogP contribution in [0.5, 0.6) is 11.5 Å². The molecule has 0 saturated carbocycles. The van der Waals surface area contributed by atoms with Gasteiger partial charge in [-0.2, -0.15) is 0 Å². The maximum Gasteiger partial charge on any atom is 0.337 e. The van der Waals surface area contributed by atoms with E-state index in [0.717, 1.165) is 0 Å². The summed E-state index contributed by atoms with van der Waals surface area (Å²) in [6.07, 6.45) is -0.350. The van der Waals surface area contributed by atoms with Crippen LogP contribution in [0.2, 0.25) is 0 Å². The van der Waals surface area contributed by atoms with Crippen LogP contribution in [0.25, 0.3) is 0 Å². The third-order valence-electron chi connectivity index (χ3n) is 2.29. The summed E-state index contributed by atoms with van der Waals surface area (Å²) in [5, 5.41) is 8.92. The molecule has 1 atom stereocenters. The molecule has 86 valence electrons. The summed E-state index contributed by atoms with van der Waals surface area (Å²) in [7, 11) is 1.32. The Balaban J connectivity index is 2.24. The Hall–Kier alpha value is -1.75. The Morgan fingerprint density at radius 1 is 1.56 bits per heavy atom. The number of esters is 1. The molecule has 0 aromatic heterocycles. The van der Waals surface area contributed by atoms with Gasteiger partial charge in [0.15, 0.2) is 17.6 Å². The predicted molar refractivity (Wildman–Crippen MR) is 54.8 cm³/mol. The highest BCUT2D eigenvalue weighted by atomic mass is 16.6. The van der Waals surface area contributed by atoms with Crippen LogP contribution in [0.1, 0.15) is 10.4 Å². The Bertz CT molecular complexity index is 401. The molecule has 0 bridgehead atoms. The molecule has 0 spiro atoms. The van der Waals surface area contributed by atoms with Crippen molar-refractivity contribution in [3.63, 3.8) is 0 Å². The van der Waals surface area contributed by atoms with Crippen molar-refractivity contribution in [2.75, 3.05) is 20.3 Å². The van der Waals surface area contributed by atoms with Gasteiger partial charge in [0.05, 0.1) is 19.3 Å². The van der Waals surface area contributed by atoms with E-state index in [1.807, 2.05) is 0 Å². The number of rotatable bonds is 2. The van der Waals surface area contributed by atoms with Crippen LogP contribution in [-0.4, -0.2) is 37.5 Å². The highest BCUT2D eigenvalue weighted by Crippen LogP contribution is 2.32. The van der Waals surface area contributed by atoms with E-state index in [4.69, 9.17) is 14.6 Å². The normalized spacial score (nSPS) is 18.0. The fourth-order valence-corrected chi connectivity index (χ4v) is 1.45. The number of methoxy groups -OCH3 is 1. The van der Waals surface area contributed by atoms with Gasteiger partial charge in [0.1, 0.15) is 6.61 Å². The zero-order chi connectivity index (χ0) is 11.5. The monoisotopic (exact) mass is 224 g/mol. The lowest BCUT2D eigenvalue weighted by Crippen LogP contribution is -2.32. The summed E-state index contributed by atoms with van der Waals surface area (Å²) in [4.78, 5) is 11.3. The number of fused-ring (bicyclic) bond motifs is 1. The molecule has 5 heteroatoms. The first-order valence-electron chi connectivity index (χ1n) is 4.87. The lowest BCUT2D eigenvalue weighted by molar-refractivity contribution is 0.0451. The zero-order valence-electron chi connectivity index (χ0n) is 8.80. The minimum absolute atomic E-state index is 0.0990. The number of carbonyl (C=O) groups is 1. The SMILES string of the molecule is COC(=O)c1ccc2c(c1)OC[C@H](CO)O2. The number of aliphatic hydroxyl groups excluding tert-OH is 1. The van der Waals surface area contributed by atoms with Crippen molar-refractivity contribution in [1.82, 2.24) is 0 Å². The standard InChI is InChI=1S/C11H12O5/c1-14-11(13)7-2-3-9-10(4-7)15-6-8(5-12)16-9/h2-4,8,12H,5-6H2,1H3/t8-/m0/s1. The molecule has 1 aliphatic heterocycles. The molecule has 0 aliphatic carbocycles. The van der Waals surface area contributed by atoms with Crippen molar-refractivity contribution in [2.45, 2.75) is 6.10 Å². The van der Waals surface area contributed by atoms with E-state index in [1.54, 1.807) is 18.2 Å². The molecule has 1 aromatic rings. The third-order valence-corrected chi connectivity index (χ3v) is 2.29. The van der Waals surface area contributed by atoms with Crippen LogP contribution < -0.4 is 9.47 Å². The number of ether oxygens (including phenoxy) is 3. The van der Waals surface area contributed by atoms with Gasteiger partial charge in [-0.05, 0) is 18.2 Å². The first-order valence-corrected chi connectivity index (χ1v) is 4.87. The molecule has 0 saturated heterocycles. The Morgan fingerprint density at radius 3 is 3.06 bits per heavy atom. The van der Waals surface area contributed by atoms with Gasteiger partial charge in [-0.3, -0.25) is 0 Å². The molecule has 1 N–H and O–H groups in total. The number of hydrogen-bond donors (Lipinski definition) is 1. The van der Waals surface area contributed by atoms with Gasteiger partial charge in [0.2, 0.25) is 0 Å². The zero-order valence-corrected chi connectivity index (χ0v) is 8.80. The van der Waals surface area contributed by atoms with E-state index in [1.165, 1.54) is 7.11 Å². The predicted octanol–water partition coefficient (Wildman–Crippen LogP) is 0.605. The van der Waals surface area contributed by atoms with Gasteiger partial charge in [0, 0.05) is 0 Å². The maximum atomic E-state index is 11.3. The van der Waals surface area contributed by atoms with Crippen molar-refractivity contribution in [3.05, 3.63) is 23.8 Å². The molecule has 0 amide bonds. The average molecular weight is 224 g/mol. The first-order chi connectivity index (χ1) is 7.74. The third kappa shape index (κ3) is 1.94. The summed E-state index contributed by atoms with van der Waals surface area (Å²) in [6, 6.07) is 4.78. The van der Waals surface area contributed by atoms with Crippen LogP contribution in [-0.2, 0) is 4.74 Å². The fraction of sp³-hybridized carbons (Fsp3) is 0.364. The lowest BCUT2D eigenvalue weighted by atomic mass is 10.2. The average Bonchev–Trinajstić information content (AvgIpc) is 2.36.